The van der Waals surface area contributed by atoms with E-state index in [9.17, 15) is 9.90 Å². The normalized spacial score (nSPS) is 24.2. The van der Waals surface area contributed by atoms with E-state index in [1.54, 1.807) is 13.8 Å². The van der Waals surface area contributed by atoms with E-state index in [1.807, 2.05) is 0 Å². The third-order valence-corrected chi connectivity index (χ3v) is 2.09. The minimum atomic E-state index is -0.679. The van der Waals surface area contributed by atoms with Crippen molar-refractivity contribution in [3.8, 4) is 0 Å². The van der Waals surface area contributed by atoms with Gasteiger partial charge in [-0.05, 0) is 20.3 Å². The molecule has 1 fully saturated rings. The molecule has 0 radical (unpaired) electrons. The second-order valence-electron chi connectivity index (χ2n) is 4.23. The van der Waals surface area contributed by atoms with Crippen LogP contribution in [0.3, 0.4) is 0 Å². The fourth-order valence-corrected chi connectivity index (χ4v) is 1.30. The summed E-state index contributed by atoms with van der Waals surface area (Å²) in [4.78, 5) is 10.8. The SMILES string of the molecule is CC(C)(O)CNC1CCC(=O)NC1. The maximum atomic E-state index is 10.8. The molecule has 4 heteroatoms. The van der Waals surface area contributed by atoms with Gasteiger partial charge < -0.3 is 15.7 Å². The van der Waals surface area contributed by atoms with Gasteiger partial charge in [-0.3, -0.25) is 4.79 Å². The van der Waals surface area contributed by atoms with Gasteiger partial charge in [-0.2, -0.15) is 0 Å². The van der Waals surface area contributed by atoms with Crippen LogP contribution in [0.2, 0.25) is 0 Å². The van der Waals surface area contributed by atoms with Gasteiger partial charge in [0.2, 0.25) is 5.91 Å². The molecule has 0 saturated carbocycles. The van der Waals surface area contributed by atoms with Crippen LogP contribution in [0.15, 0.2) is 0 Å². The van der Waals surface area contributed by atoms with Crippen molar-refractivity contribution < 1.29 is 9.90 Å². The fourth-order valence-electron chi connectivity index (χ4n) is 1.30. The molecule has 0 aromatic carbocycles. The Balaban J connectivity index is 2.20. The van der Waals surface area contributed by atoms with Gasteiger partial charge in [0.15, 0.2) is 0 Å². The summed E-state index contributed by atoms with van der Waals surface area (Å²) in [6.45, 7) is 4.77. The molecule has 1 saturated heterocycles. The predicted octanol–water partition coefficient (Wildman–Crippen LogP) is -0.374. The number of piperidine rings is 1. The van der Waals surface area contributed by atoms with Crippen molar-refractivity contribution in [3.63, 3.8) is 0 Å². The van der Waals surface area contributed by atoms with Crippen LogP contribution in [0.25, 0.3) is 0 Å². The van der Waals surface area contributed by atoms with Crippen LogP contribution in [0.4, 0.5) is 0 Å². The Bertz CT molecular complexity index is 177. The quantitative estimate of drug-likeness (QED) is 0.563. The van der Waals surface area contributed by atoms with Crippen LogP contribution in [0, 0.1) is 0 Å². The topological polar surface area (TPSA) is 61.4 Å². The highest BCUT2D eigenvalue weighted by molar-refractivity contribution is 5.76. The van der Waals surface area contributed by atoms with E-state index >= 15 is 0 Å². The number of rotatable bonds is 3. The third-order valence-electron chi connectivity index (χ3n) is 2.09. The van der Waals surface area contributed by atoms with Gasteiger partial charge in [0, 0.05) is 25.6 Å². The Hall–Kier alpha value is -0.610. The van der Waals surface area contributed by atoms with Crippen LogP contribution < -0.4 is 10.6 Å². The van der Waals surface area contributed by atoms with Crippen molar-refractivity contribution in [2.75, 3.05) is 13.1 Å². The van der Waals surface area contributed by atoms with Gasteiger partial charge in [0.1, 0.15) is 0 Å². The summed E-state index contributed by atoms with van der Waals surface area (Å²) in [6.07, 6.45) is 1.45. The van der Waals surface area contributed by atoms with Crippen LogP contribution >= 0.6 is 0 Å². The molecule has 1 aliphatic heterocycles. The van der Waals surface area contributed by atoms with Crippen LogP contribution in [-0.4, -0.2) is 35.7 Å². The van der Waals surface area contributed by atoms with Gasteiger partial charge in [-0.15, -0.1) is 0 Å². The van der Waals surface area contributed by atoms with E-state index in [0.717, 1.165) is 6.42 Å². The zero-order valence-corrected chi connectivity index (χ0v) is 8.26. The summed E-state index contributed by atoms with van der Waals surface area (Å²) in [6, 6.07) is 0.309. The number of aliphatic hydroxyl groups is 1. The molecule has 3 N–H and O–H groups in total. The lowest BCUT2D eigenvalue weighted by Crippen LogP contribution is -2.49. The molecule has 0 bridgehead atoms. The predicted molar refractivity (Wildman–Crippen MR) is 50.3 cm³/mol. The minimum absolute atomic E-state index is 0.126. The largest absolute Gasteiger partial charge is 0.389 e. The number of carbonyl (C=O) groups is 1. The number of carbonyl (C=O) groups excluding carboxylic acids is 1. The van der Waals surface area contributed by atoms with Crippen molar-refractivity contribution in [2.24, 2.45) is 0 Å². The highest BCUT2D eigenvalue weighted by Crippen LogP contribution is 2.04. The molecule has 1 aliphatic rings. The molecule has 76 valence electrons. The van der Waals surface area contributed by atoms with Crippen LogP contribution in [0.1, 0.15) is 26.7 Å². The van der Waals surface area contributed by atoms with Crippen molar-refractivity contribution in [3.05, 3.63) is 0 Å². The van der Waals surface area contributed by atoms with E-state index in [2.05, 4.69) is 10.6 Å². The first kappa shape index (κ1) is 10.5. The van der Waals surface area contributed by atoms with E-state index < -0.39 is 5.60 Å². The molecule has 1 heterocycles. The van der Waals surface area contributed by atoms with Crippen LogP contribution in [0.5, 0.6) is 0 Å². The van der Waals surface area contributed by atoms with Gasteiger partial charge in [-0.1, -0.05) is 0 Å². The molecule has 0 aromatic rings. The van der Waals surface area contributed by atoms with E-state index in [1.165, 1.54) is 0 Å². The first-order valence-corrected chi connectivity index (χ1v) is 4.70. The Morgan fingerprint density at radius 1 is 1.69 bits per heavy atom. The Kier molecular flexibility index (Phi) is 3.27. The zero-order chi connectivity index (χ0) is 9.90. The van der Waals surface area contributed by atoms with Gasteiger partial charge in [0.05, 0.1) is 5.60 Å². The molecule has 0 aliphatic carbocycles. The molecule has 1 rings (SSSR count). The Labute approximate surface area is 78.7 Å². The molecule has 13 heavy (non-hydrogen) atoms. The number of hydrogen-bond acceptors (Lipinski definition) is 3. The van der Waals surface area contributed by atoms with Gasteiger partial charge in [0.25, 0.3) is 0 Å². The molecule has 1 amide bonds. The lowest BCUT2D eigenvalue weighted by Gasteiger charge is -2.27. The van der Waals surface area contributed by atoms with Crippen LogP contribution in [-0.2, 0) is 4.79 Å². The highest BCUT2D eigenvalue weighted by Gasteiger charge is 2.20. The average Bonchev–Trinajstić information content (AvgIpc) is 2.02. The third kappa shape index (κ3) is 4.24. The zero-order valence-electron chi connectivity index (χ0n) is 8.26. The van der Waals surface area contributed by atoms with Crippen molar-refractivity contribution in [1.29, 1.82) is 0 Å². The second-order valence-corrected chi connectivity index (χ2v) is 4.23. The van der Waals surface area contributed by atoms with Crippen molar-refractivity contribution >= 4 is 5.91 Å². The van der Waals surface area contributed by atoms with Crippen molar-refractivity contribution in [1.82, 2.24) is 10.6 Å². The standard InChI is InChI=1S/C9H18N2O2/c1-9(2,13)6-11-7-3-4-8(12)10-5-7/h7,11,13H,3-6H2,1-2H3,(H,10,12). The smallest absolute Gasteiger partial charge is 0.220 e. The van der Waals surface area contributed by atoms with Gasteiger partial charge >= 0.3 is 0 Å². The summed E-state index contributed by atoms with van der Waals surface area (Å²) in [5.74, 6) is 0.126. The highest BCUT2D eigenvalue weighted by atomic mass is 16.3. The lowest BCUT2D eigenvalue weighted by molar-refractivity contribution is -0.122. The first-order chi connectivity index (χ1) is 5.97. The van der Waals surface area contributed by atoms with Gasteiger partial charge in [-0.25, -0.2) is 0 Å². The summed E-state index contributed by atoms with van der Waals surface area (Å²) in [5.41, 5.74) is -0.679. The summed E-state index contributed by atoms with van der Waals surface area (Å²) in [7, 11) is 0. The second kappa shape index (κ2) is 4.07. The number of nitrogens with one attached hydrogen (secondary N) is 2. The van der Waals surface area contributed by atoms with E-state index in [0.29, 0.717) is 25.6 Å². The van der Waals surface area contributed by atoms with E-state index in [-0.39, 0.29) is 5.91 Å². The molecular weight excluding hydrogens is 168 g/mol. The molecule has 0 aromatic heterocycles. The summed E-state index contributed by atoms with van der Waals surface area (Å²) in [5, 5.41) is 15.5. The average molecular weight is 186 g/mol. The molecule has 4 nitrogen and oxygen atoms in total. The summed E-state index contributed by atoms with van der Waals surface area (Å²) < 4.78 is 0. The number of amides is 1. The molecule has 1 unspecified atom stereocenters. The number of hydrogen-bond donors (Lipinski definition) is 3. The summed E-state index contributed by atoms with van der Waals surface area (Å²) >= 11 is 0. The first-order valence-electron chi connectivity index (χ1n) is 4.70. The molecule has 1 atom stereocenters. The monoisotopic (exact) mass is 186 g/mol. The Morgan fingerprint density at radius 3 is 2.85 bits per heavy atom. The lowest BCUT2D eigenvalue weighted by atomic mass is 10.1. The van der Waals surface area contributed by atoms with E-state index in [4.69, 9.17) is 0 Å². The maximum absolute atomic E-state index is 10.8. The van der Waals surface area contributed by atoms with Crippen molar-refractivity contribution in [2.45, 2.75) is 38.3 Å². The minimum Gasteiger partial charge on any atom is -0.389 e. The molecular formula is C9H18N2O2. The molecule has 0 spiro atoms. The fraction of sp³-hybridized carbons (Fsp3) is 0.889. The maximum Gasteiger partial charge on any atom is 0.220 e. The Morgan fingerprint density at radius 2 is 2.38 bits per heavy atom.